The minimum absolute atomic E-state index is 0.0647. The van der Waals surface area contributed by atoms with E-state index >= 15 is 0 Å². The molecule has 1 rings (SSSR count). The molecule has 0 fully saturated rings. The van der Waals surface area contributed by atoms with Crippen LogP contribution in [0.15, 0.2) is 24.3 Å². The number of amides is 1. The second-order valence-electron chi connectivity index (χ2n) is 3.54. The number of benzene rings is 1. The summed E-state index contributed by atoms with van der Waals surface area (Å²) in [4.78, 5) is 11.4. The van der Waals surface area contributed by atoms with Crippen molar-refractivity contribution in [2.75, 3.05) is 13.7 Å². The van der Waals surface area contributed by atoms with Gasteiger partial charge in [-0.1, -0.05) is 19.1 Å². The lowest BCUT2D eigenvalue weighted by Gasteiger charge is -2.10. The molecule has 0 spiro atoms. The molecule has 0 aliphatic heterocycles. The van der Waals surface area contributed by atoms with Gasteiger partial charge in [-0.2, -0.15) is 0 Å². The van der Waals surface area contributed by atoms with Crippen molar-refractivity contribution in [1.82, 2.24) is 16.2 Å². The van der Waals surface area contributed by atoms with Gasteiger partial charge in [0.15, 0.2) is 11.7 Å². The maximum absolute atomic E-state index is 11.4. The van der Waals surface area contributed by atoms with E-state index in [0.717, 1.165) is 6.42 Å². The van der Waals surface area contributed by atoms with Gasteiger partial charge < -0.3 is 10.1 Å². The number of aryl methyl sites for hydroxylation is 1. The van der Waals surface area contributed by atoms with Crippen LogP contribution in [0.3, 0.4) is 0 Å². The molecule has 0 bridgehead atoms. The minimum Gasteiger partial charge on any atom is -0.484 e. The topological polar surface area (TPSA) is 62.4 Å². The van der Waals surface area contributed by atoms with E-state index in [1.165, 1.54) is 5.56 Å². The second kappa shape index (κ2) is 7.50. The van der Waals surface area contributed by atoms with Gasteiger partial charge in [-0.3, -0.25) is 15.6 Å². The van der Waals surface area contributed by atoms with E-state index < -0.39 is 0 Å². The molecule has 0 aromatic heterocycles. The quantitative estimate of drug-likeness (QED) is 0.555. The van der Waals surface area contributed by atoms with Crippen molar-refractivity contribution in [2.45, 2.75) is 13.3 Å². The average Bonchev–Trinajstić information content (AvgIpc) is 2.42. The van der Waals surface area contributed by atoms with Gasteiger partial charge in [-0.15, -0.1) is 0 Å². The van der Waals surface area contributed by atoms with Crippen LogP contribution in [0.4, 0.5) is 0 Å². The van der Waals surface area contributed by atoms with Crippen LogP contribution >= 0.6 is 12.2 Å². The standard InChI is InChI=1S/C12H17N3O2S/c1-3-9-4-6-10(7-5-9)17-8-11(16)14-15-12(18)13-2/h4-7H,3,8H2,1-2H3,(H,14,16)(H2,13,15,18). The van der Waals surface area contributed by atoms with Gasteiger partial charge in [0.1, 0.15) is 5.75 Å². The second-order valence-corrected chi connectivity index (χ2v) is 3.95. The van der Waals surface area contributed by atoms with Crippen molar-refractivity contribution in [3.05, 3.63) is 29.8 Å². The molecule has 3 N–H and O–H groups in total. The largest absolute Gasteiger partial charge is 0.484 e. The molecule has 1 amide bonds. The summed E-state index contributed by atoms with van der Waals surface area (Å²) in [5, 5.41) is 3.01. The van der Waals surface area contributed by atoms with E-state index in [9.17, 15) is 4.79 Å². The number of nitrogens with one attached hydrogen (secondary N) is 3. The van der Waals surface area contributed by atoms with Crippen molar-refractivity contribution in [3.8, 4) is 5.75 Å². The predicted molar refractivity (Wildman–Crippen MR) is 74.3 cm³/mol. The first kappa shape index (κ1) is 14.2. The molecule has 1 aromatic carbocycles. The van der Waals surface area contributed by atoms with Crippen LogP contribution in [-0.2, 0) is 11.2 Å². The zero-order valence-electron chi connectivity index (χ0n) is 10.4. The lowest BCUT2D eigenvalue weighted by Crippen LogP contribution is -2.47. The van der Waals surface area contributed by atoms with E-state index in [0.29, 0.717) is 10.9 Å². The van der Waals surface area contributed by atoms with Gasteiger partial charge in [0.2, 0.25) is 0 Å². The number of carbonyl (C=O) groups is 1. The van der Waals surface area contributed by atoms with Crippen LogP contribution in [-0.4, -0.2) is 24.7 Å². The Hall–Kier alpha value is -1.82. The molecular weight excluding hydrogens is 250 g/mol. The highest BCUT2D eigenvalue weighted by Gasteiger charge is 2.02. The number of hydrazine groups is 1. The Kier molecular flexibility index (Phi) is 5.93. The number of carbonyl (C=O) groups excluding carboxylic acids is 1. The van der Waals surface area contributed by atoms with Gasteiger partial charge in [0, 0.05) is 7.05 Å². The fraction of sp³-hybridized carbons (Fsp3) is 0.333. The van der Waals surface area contributed by atoms with Crippen molar-refractivity contribution in [1.29, 1.82) is 0 Å². The number of rotatable bonds is 4. The Morgan fingerprint density at radius 3 is 2.50 bits per heavy atom. The first-order valence-corrected chi connectivity index (χ1v) is 6.04. The highest BCUT2D eigenvalue weighted by atomic mass is 32.1. The molecule has 0 atom stereocenters. The molecule has 1 aromatic rings. The molecule has 0 radical (unpaired) electrons. The molecule has 0 saturated heterocycles. The number of thiocarbonyl (C=S) groups is 1. The third-order valence-electron chi connectivity index (χ3n) is 2.24. The fourth-order valence-electron chi connectivity index (χ4n) is 1.20. The summed E-state index contributed by atoms with van der Waals surface area (Å²) in [6.07, 6.45) is 0.978. The summed E-state index contributed by atoms with van der Waals surface area (Å²) < 4.78 is 5.32. The molecule has 0 heterocycles. The van der Waals surface area contributed by atoms with Crippen molar-refractivity contribution < 1.29 is 9.53 Å². The minimum atomic E-state index is -0.299. The number of hydrogen-bond donors (Lipinski definition) is 3. The van der Waals surface area contributed by atoms with Crippen LogP contribution in [0.2, 0.25) is 0 Å². The van der Waals surface area contributed by atoms with E-state index in [1.54, 1.807) is 7.05 Å². The lowest BCUT2D eigenvalue weighted by atomic mass is 10.2. The van der Waals surface area contributed by atoms with Crippen molar-refractivity contribution in [2.24, 2.45) is 0 Å². The summed E-state index contributed by atoms with van der Waals surface area (Å²) in [5.41, 5.74) is 6.17. The lowest BCUT2D eigenvalue weighted by molar-refractivity contribution is -0.123. The molecule has 0 aliphatic carbocycles. The summed E-state index contributed by atoms with van der Waals surface area (Å²) in [7, 11) is 1.66. The number of ether oxygens (including phenoxy) is 1. The van der Waals surface area contributed by atoms with Gasteiger partial charge in [-0.05, 0) is 36.3 Å². The predicted octanol–water partition coefficient (Wildman–Crippen LogP) is 0.753. The van der Waals surface area contributed by atoms with E-state index in [4.69, 9.17) is 17.0 Å². The maximum Gasteiger partial charge on any atom is 0.276 e. The molecule has 18 heavy (non-hydrogen) atoms. The molecule has 5 nitrogen and oxygen atoms in total. The van der Waals surface area contributed by atoms with Crippen LogP contribution in [0.25, 0.3) is 0 Å². The summed E-state index contributed by atoms with van der Waals surface area (Å²) in [5.74, 6) is 0.366. The highest BCUT2D eigenvalue weighted by Crippen LogP contribution is 2.12. The maximum atomic E-state index is 11.4. The SMILES string of the molecule is CCc1ccc(OCC(=O)NNC(=S)NC)cc1. The van der Waals surface area contributed by atoms with Gasteiger partial charge in [0.25, 0.3) is 5.91 Å². The Balaban J connectivity index is 2.31. The summed E-state index contributed by atoms with van der Waals surface area (Å²) >= 11 is 4.80. The zero-order chi connectivity index (χ0) is 13.4. The molecular formula is C12H17N3O2S. The Morgan fingerprint density at radius 1 is 1.28 bits per heavy atom. The normalized spacial score (nSPS) is 9.44. The van der Waals surface area contributed by atoms with E-state index in [-0.39, 0.29) is 12.5 Å². The summed E-state index contributed by atoms with van der Waals surface area (Å²) in [6.45, 7) is 2.02. The van der Waals surface area contributed by atoms with Crippen LogP contribution < -0.4 is 20.9 Å². The van der Waals surface area contributed by atoms with Crippen LogP contribution in [0.1, 0.15) is 12.5 Å². The smallest absolute Gasteiger partial charge is 0.276 e. The molecule has 98 valence electrons. The summed E-state index contributed by atoms with van der Waals surface area (Å²) in [6, 6.07) is 7.64. The monoisotopic (exact) mass is 267 g/mol. The number of hydrogen-bond acceptors (Lipinski definition) is 3. The van der Waals surface area contributed by atoms with Gasteiger partial charge in [-0.25, -0.2) is 0 Å². The average molecular weight is 267 g/mol. The Morgan fingerprint density at radius 2 is 1.94 bits per heavy atom. The zero-order valence-corrected chi connectivity index (χ0v) is 11.3. The molecule has 0 saturated carbocycles. The van der Waals surface area contributed by atoms with E-state index in [2.05, 4.69) is 23.1 Å². The first-order valence-electron chi connectivity index (χ1n) is 5.64. The van der Waals surface area contributed by atoms with Crippen molar-refractivity contribution in [3.63, 3.8) is 0 Å². The Labute approximate surface area is 112 Å². The van der Waals surface area contributed by atoms with Gasteiger partial charge >= 0.3 is 0 Å². The van der Waals surface area contributed by atoms with E-state index in [1.807, 2.05) is 24.3 Å². The molecule has 0 unspecified atom stereocenters. The van der Waals surface area contributed by atoms with Crippen LogP contribution in [0.5, 0.6) is 5.75 Å². The molecule has 6 heteroatoms. The highest BCUT2D eigenvalue weighted by molar-refractivity contribution is 7.80. The first-order chi connectivity index (χ1) is 8.65. The fourth-order valence-corrected chi connectivity index (χ4v) is 1.25. The third-order valence-corrected chi connectivity index (χ3v) is 2.55. The van der Waals surface area contributed by atoms with Crippen LogP contribution in [0, 0.1) is 0 Å². The van der Waals surface area contributed by atoms with Gasteiger partial charge in [0.05, 0.1) is 0 Å². The molecule has 0 aliphatic rings. The third kappa shape index (κ3) is 5.01. The Bertz CT molecular complexity index is 406. The van der Waals surface area contributed by atoms with Crippen molar-refractivity contribution >= 4 is 23.2 Å².